The maximum atomic E-state index is 13.1. The monoisotopic (exact) mass is 501 g/mol. The van der Waals surface area contributed by atoms with Crippen LogP contribution in [0.1, 0.15) is 35.3 Å². The van der Waals surface area contributed by atoms with Crippen molar-refractivity contribution in [3.05, 3.63) is 87.6 Å². The molecule has 3 rings (SSSR count). The molecular formula is C25H25BrFNO4. The van der Waals surface area contributed by atoms with Crippen molar-refractivity contribution >= 4 is 27.6 Å². The van der Waals surface area contributed by atoms with E-state index in [4.69, 9.17) is 14.2 Å². The van der Waals surface area contributed by atoms with E-state index >= 15 is 0 Å². The van der Waals surface area contributed by atoms with E-state index in [9.17, 15) is 9.18 Å². The fourth-order valence-corrected chi connectivity index (χ4v) is 3.61. The van der Waals surface area contributed by atoms with Crippen LogP contribution in [0.4, 0.5) is 10.1 Å². The van der Waals surface area contributed by atoms with Gasteiger partial charge in [0.2, 0.25) is 0 Å². The summed E-state index contributed by atoms with van der Waals surface area (Å²) in [6.07, 6.45) is 0. The Labute approximate surface area is 195 Å². The zero-order chi connectivity index (χ0) is 22.9. The molecule has 32 heavy (non-hydrogen) atoms. The van der Waals surface area contributed by atoms with Gasteiger partial charge in [-0.1, -0.05) is 12.1 Å². The van der Waals surface area contributed by atoms with Crippen LogP contribution >= 0.6 is 15.9 Å². The summed E-state index contributed by atoms with van der Waals surface area (Å²) in [4.78, 5) is 11.8. The lowest BCUT2D eigenvalue weighted by atomic mass is 10.1. The van der Waals surface area contributed by atoms with Crippen LogP contribution in [0.3, 0.4) is 0 Å². The molecule has 5 nitrogen and oxygen atoms in total. The summed E-state index contributed by atoms with van der Waals surface area (Å²) >= 11 is 3.58. The summed E-state index contributed by atoms with van der Waals surface area (Å²) in [7, 11) is 0. The molecule has 0 atom stereocenters. The number of nitrogens with one attached hydrogen (secondary N) is 1. The van der Waals surface area contributed by atoms with E-state index in [1.807, 2.05) is 31.2 Å². The number of halogens is 2. The fraction of sp³-hybridized carbons (Fsp3) is 0.240. The van der Waals surface area contributed by atoms with Gasteiger partial charge in [0, 0.05) is 12.2 Å². The second-order valence-corrected chi connectivity index (χ2v) is 7.76. The molecule has 0 bridgehead atoms. The van der Waals surface area contributed by atoms with E-state index in [-0.39, 0.29) is 11.8 Å². The Morgan fingerprint density at radius 2 is 1.66 bits per heavy atom. The first-order valence-corrected chi connectivity index (χ1v) is 11.1. The Balaban J connectivity index is 1.68. The average molecular weight is 502 g/mol. The second-order valence-electron chi connectivity index (χ2n) is 6.90. The number of anilines is 1. The molecule has 0 amide bonds. The molecule has 0 aromatic heterocycles. The molecule has 0 radical (unpaired) electrons. The maximum absolute atomic E-state index is 13.1. The Morgan fingerprint density at radius 3 is 2.31 bits per heavy atom. The van der Waals surface area contributed by atoms with Gasteiger partial charge in [0.05, 0.1) is 23.2 Å². The van der Waals surface area contributed by atoms with Gasteiger partial charge in [0.25, 0.3) is 0 Å². The zero-order valence-corrected chi connectivity index (χ0v) is 19.6. The van der Waals surface area contributed by atoms with Gasteiger partial charge in [-0.05, 0) is 89.4 Å². The Kier molecular flexibility index (Phi) is 8.50. The molecule has 3 aromatic carbocycles. The SMILES string of the molecule is CCOC(=O)c1ccc(NCc2cc(Br)c(OCc3ccc(F)cc3)c(OCC)c2)cc1. The van der Waals surface area contributed by atoms with E-state index in [1.54, 1.807) is 31.2 Å². The van der Waals surface area contributed by atoms with Gasteiger partial charge < -0.3 is 19.5 Å². The summed E-state index contributed by atoms with van der Waals surface area (Å²) in [6.45, 7) is 5.37. The van der Waals surface area contributed by atoms with Crippen LogP contribution in [-0.4, -0.2) is 19.2 Å². The topological polar surface area (TPSA) is 56.8 Å². The number of esters is 1. The summed E-state index contributed by atoms with van der Waals surface area (Å²) in [5.74, 6) is 0.607. The van der Waals surface area contributed by atoms with Crippen molar-refractivity contribution in [1.82, 2.24) is 0 Å². The fourth-order valence-electron chi connectivity index (χ4n) is 3.01. The lowest BCUT2D eigenvalue weighted by molar-refractivity contribution is 0.0526. The summed E-state index contributed by atoms with van der Waals surface area (Å²) in [5.41, 5.74) is 3.24. The number of rotatable bonds is 10. The molecule has 0 aliphatic rings. The van der Waals surface area contributed by atoms with Gasteiger partial charge in [-0.15, -0.1) is 0 Å². The van der Waals surface area contributed by atoms with Crippen LogP contribution in [0.25, 0.3) is 0 Å². The van der Waals surface area contributed by atoms with Crippen LogP contribution in [0.2, 0.25) is 0 Å². The molecule has 168 valence electrons. The zero-order valence-electron chi connectivity index (χ0n) is 18.0. The van der Waals surface area contributed by atoms with Gasteiger partial charge in [-0.3, -0.25) is 0 Å². The van der Waals surface area contributed by atoms with Crippen LogP contribution in [0.15, 0.2) is 65.1 Å². The first-order chi connectivity index (χ1) is 15.5. The molecule has 0 saturated carbocycles. The Morgan fingerprint density at radius 1 is 0.938 bits per heavy atom. The number of carbonyl (C=O) groups excluding carboxylic acids is 1. The molecule has 0 spiro atoms. The first kappa shape index (κ1) is 23.6. The number of ether oxygens (including phenoxy) is 3. The van der Waals surface area contributed by atoms with Crippen molar-refractivity contribution in [2.24, 2.45) is 0 Å². The number of hydrogen-bond acceptors (Lipinski definition) is 5. The minimum absolute atomic E-state index is 0.280. The smallest absolute Gasteiger partial charge is 0.338 e. The normalized spacial score (nSPS) is 10.5. The third kappa shape index (κ3) is 6.47. The highest BCUT2D eigenvalue weighted by atomic mass is 79.9. The molecule has 0 aliphatic heterocycles. The highest BCUT2D eigenvalue weighted by molar-refractivity contribution is 9.10. The average Bonchev–Trinajstić information content (AvgIpc) is 2.79. The predicted octanol–water partition coefficient (Wildman–Crippen LogP) is 6.35. The van der Waals surface area contributed by atoms with E-state index < -0.39 is 0 Å². The van der Waals surface area contributed by atoms with E-state index in [0.717, 1.165) is 21.3 Å². The summed E-state index contributed by atoms with van der Waals surface area (Å²) in [6, 6.07) is 17.2. The highest BCUT2D eigenvalue weighted by Gasteiger charge is 2.13. The quantitative estimate of drug-likeness (QED) is 0.327. The van der Waals surface area contributed by atoms with Crippen molar-refractivity contribution in [2.45, 2.75) is 27.0 Å². The van der Waals surface area contributed by atoms with Crippen molar-refractivity contribution < 1.29 is 23.4 Å². The molecule has 0 saturated heterocycles. The summed E-state index contributed by atoms with van der Waals surface area (Å²) < 4.78 is 30.6. The van der Waals surface area contributed by atoms with Gasteiger partial charge >= 0.3 is 5.97 Å². The lowest BCUT2D eigenvalue weighted by Gasteiger charge is -2.16. The predicted molar refractivity (Wildman–Crippen MR) is 126 cm³/mol. The Bertz CT molecular complexity index is 1040. The van der Waals surface area contributed by atoms with Gasteiger partial charge in [0.1, 0.15) is 12.4 Å². The molecule has 1 N–H and O–H groups in total. The summed E-state index contributed by atoms with van der Waals surface area (Å²) in [5, 5.41) is 3.33. The van der Waals surface area contributed by atoms with Crippen LogP contribution in [-0.2, 0) is 17.9 Å². The third-order valence-corrected chi connectivity index (χ3v) is 5.15. The first-order valence-electron chi connectivity index (χ1n) is 10.3. The maximum Gasteiger partial charge on any atom is 0.338 e. The molecule has 0 unspecified atom stereocenters. The largest absolute Gasteiger partial charge is 0.490 e. The van der Waals surface area contributed by atoms with Crippen LogP contribution in [0, 0.1) is 5.82 Å². The molecular weight excluding hydrogens is 477 g/mol. The molecule has 0 fully saturated rings. The van der Waals surface area contributed by atoms with E-state index in [0.29, 0.717) is 43.4 Å². The molecule has 0 heterocycles. The Hall–Kier alpha value is -3.06. The highest BCUT2D eigenvalue weighted by Crippen LogP contribution is 2.37. The minimum Gasteiger partial charge on any atom is -0.490 e. The van der Waals surface area contributed by atoms with Crippen molar-refractivity contribution in [1.29, 1.82) is 0 Å². The van der Waals surface area contributed by atoms with Crippen molar-refractivity contribution in [3.63, 3.8) is 0 Å². The van der Waals surface area contributed by atoms with Gasteiger partial charge in [-0.25, -0.2) is 9.18 Å². The lowest BCUT2D eigenvalue weighted by Crippen LogP contribution is -2.06. The van der Waals surface area contributed by atoms with Crippen molar-refractivity contribution in [3.8, 4) is 11.5 Å². The van der Waals surface area contributed by atoms with Gasteiger partial charge in [0.15, 0.2) is 11.5 Å². The van der Waals surface area contributed by atoms with Crippen LogP contribution in [0.5, 0.6) is 11.5 Å². The third-order valence-electron chi connectivity index (χ3n) is 4.56. The standard InChI is InChI=1S/C25H25BrFNO4/c1-3-30-23-14-18(15-28-21-11-7-19(8-12-21)25(29)31-4-2)13-22(26)24(23)32-16-17-5-9-20(27)10-6-17/h5-14,28H,3-4,15-16H2,1-2H3. The number of hydrogen-bond donors (Lipinski definition) is 1. The second kappa shape index (κ2) is 11.5. The van der Waals surface area contributed by atoms with E-state index in [2.05, 4.69) is 21.2 Å². The molecule has 3 aromatic rings. The molecule has 7 heteroatoms. The van der Waals surface area contributed by atoms with Crippen LogP contribution < -0.4 is 14.8 Å². The van der Waals surface area contributed by atoms with E-state index in [1.165, 1.54) is 12.1 Å². The number of benzene rings is 3. The molecule has 0 aliphatic carbocycles. The van der Waals surface area contributed by atoms with Crippen molar-refractivity contribution in [2.75, 3.05) is 18.5 Å². The van der Waals surface area contributed by atoms with Gasteiger partial charge in [-0.2, -0.15) is 0 Å². The minimum atomic E-state index is -0.333. The number of carbonyl (C=O) groups is 1.